The Hall–Kier alpha value is -0.0500. The van der Waals surface area contributed by atoms with Crippen molar-refractivity contribution in [3.63, 3.8) is 0 Å². The number of ether oxygens (including phenoxy) is 11. The summed E-state index contributed by atoms with van der Waals surface area (Å²) in [6.45, 7) is 19.4. The molecule has 15 nitrogen and oxygen atoms in total. The van der Waals surface area contributed by atoms with Crippen LogP contribution in [0.1, 0.15) is 127 Å². The number of rotatable bonds is 12. The Morgan fingerprint density at radius 1 is 0.762 bits per heavy atom. The Balaban J connectivity index is 0.00000661. The van der Waals surface area contributed by atoms with Gasteiger partial charge in [0, 0.05) is 76.2 Å². The molecule has 7 aliphatic heterocycles. The van der Waals surface area contributed by atoms with Crippen LogP contribution in [0.2, 0.25) is 0 Å². The van der Waals surface area contributed by atoms with Gasteiger partial charge >= 0.3 is 29.6 Å². The van der Waals surface area contributed by atoms with E-state index in [0.29, 0.717) is 19.3 Å². The van der Waals surface area contributed by atoms with Crippen molar-refractivity contribution >= 4 is 5.97 Å². The van der Waals surface area contributed by atoms with Gasteiger partial charge in [-0.3, -0.25) is 0 Å². The van der Waals surface area contributed by atoms with Gasteiger partial charge in [-0.1, -0.05) is 48.5 Å². The third kappa shape index (κ3) is 9.64. The summed E-state index contributed by atoms with van der Waals surface area (Å²) >= 11 is 0. The summed E-state index contributed by atoms with van der Waals surface area (Å²) in [5.41, 5.74) is -0.892. The molecule has 0 aromatic heterocycles. The second-order valence-electron chi connectivity index (χ2n) is 20.8. The van der Waals surface area contributed by atoms with Crippen LogP contribution in [0, 0.1) is 41.4 Å². The molecule has 0 saturated carbocycles. The fourth-order valence-electron chi connectivity index (χ4n) is 12.8. The first-order valence-corrected chi connectivity index (χ1v) is 23.7. The maximum atomic E-state index is 12.4. The van der Waals surface area contributed by atoms with Crippen molar-refractivity contribution in [3.8, 4) is 0 Å². The molecule has 16 heteroatoms. The van der Waals surface area contributed by atoms with E-state index in [0.717, 1.165) is 38.5 Å². The van der Waals surface area contributed by atoms with Gasteiger partial charge in [-0.15, -0.1) is 0 Å². The molecule has 0 aliphatic carbocycles. The normalized spacial score (nSPS) is 53.3. The number of methoxy groups -OCH3 is 3. The Labute approximate surface area is 398 Å². The van der Waals surface area contributed by atoms with Crippen LogP contribution < -0.4 is 34.7 Å². The summed E-state index contributed by atoms with van der Waals surface area (Å²) < 4.78 is 72.0. The zero-order chi connectivity index (χ0) is 45.3. The molecule has 24 atom stereocenters. The van der Waals surface area contributed by atoms with Crippen molar-refractivity contribution in [1.29, 1.82) is 0 Å². The molecule has 2 N–H and O–H groups in total. The standard InChI is InChI=1S/C47H80O15.Na/c1-23-20-24(2)45(10,50)61-40(23)35-15-14-33(56-35)34-16-18-38(57-34)44(9)42(54-13)28(6)47(62-44)26(4)37(53-12)22-31(59-47)21-36-25(3)41(27(5)46(51,60-36)29(7)43(48)49)58-39-19-17-32(52-11)30(8)55-39;/h23-42,50-51H,14-22H2,1-13H3,(H,48,49);/q;+1/p-1. The molecule has 24 unspecified atom stereocenters. The molecule has 7 saturated heterocycles. The number of hydrogen-bond donors (Lipinski definition) is 2. The summed E-state index contributed by atoms with van der Waals surface area (Å²) in [7, 11) is 5.08. The van der Waals surface area contributed by atoms with Crippen LogP contribution in [0.5, 0.6) is 0 Å². The second-order valence-corrected chi connectivity index (χ2v) is 20.8. The molecular formula is C47H79NaO15. The summed E-state index contributed by atoms with van der Waals surface area (Å²) in [5.74, 6) is -8.34. The first-order chi connectivity index (χ1) is 29.1. The van der Waals surface area contributed by atoms with E-state index in [1.165, 1.54) is 6.92 Å². The number of hydrogen-bond acceptors (Lipinski definition) is 15. The first-order valence-electron chi connectivity index (χ1n) is 23.7. The van der Waals surface area contributed by atoms with Gasteiger partial charge < -0.3 is 72.2 Å². The van der Waals surface area contributed by atoms with Crippen molar-refractivity contribution in [2.24, 2.45) is 41.4 Å². The van der Waals surface area contributed by atoms with Crippen molar-refractivity contribution in [3.05, 3.63) is 0 Å². The quantitative estimate of drug-likeness (QED) is 0.269. The van der Waals surface area contributed by atoms with Crippen molar-refractivity contribution < 1.29 is 102 Å². The first kappa shape index (κ1) is 52.3. The number of aliphatic carboxylic acids is 1. The number of carbonyl (C=O) groups is 1. The van der Waals surface area contributed by atoms with Crippen molar-refractivity contribution in [2.45, 2.75) is 230 Å². The van der Waals surface area contributed by atoms with Gasteiger partial charge in [0.05, 0.1) is 79.2 Å². The topological polar surface area (TPSA) is 182 Å². The van der Waals surface area contributed by atoms with Gasteiger partial charge in [0.25, 0.3) is 0 Å². The van der Waals surface area contributed by atoms with Crippen molar-refractivity contribution in [2.75, 3.05) is 21.3 Å². The van der Waals surface area contributed by atoms with Gasteiger partial charge in [-0.05, 0) is 65.2 Å². The minimum atomic E-state index is -2.09. The van der Waals surface area contributed by atoms with E-state index in [1.54, 1.807) is 35.2 Å². The predicted octanol–water partition coefficient (Wildman–Crippen LogP) is 1.49. The zero-order valence-corrected chi connectivity index (χ0v) is 42.6. The maximum absolute atomic E-state index is 12.4. The third-order valence-electron chi connectivity index (χ3n) is 17.0. The zero-order valence-electron chi connectivity index (χ0n) is 40.6. The molecule has 7 aliphatic rings. The minimum absolute atomic E-state index is 0. The van der Waals surface area contributed by atoms with E-state index < -0.39 is 71.5 Å². The van der Waals surface area contributed by atoms with E-state index in [-0.39, 0.29) is 108 Å². The average Bonchev–Trinajstić information content (AvgIpc) is 3.96. The number of aliphatic hydroxyl groups is 2. The van der Waals surface area contributed by atoms with Crippen LogP contribution in [0.25, 0.3) is 0 Å². The van der Waals surface area contributed by atoms with Gasteiger partial charge in [0.15, 0.2) is 23.7 Å². The summed E-state index contributed by atoms with van der Waals surface area (Å²) in [5, 5.41) is 35.5. The molecule has 7 rings (SSSR count). The van der Waals surface area contributed by atoms with Crippen molar-refractivity contribution in [1.82, 2.24) is 0 Å². The smallest absolute Gasteiger partial charge is 0.550 e. The number of carboxylic acid groups (broad SMARTS) is 1. The van der Waals surface area contributed by atoms with Gasteiger partial charge in [-0.2, -0.15) is 0 Å². The summed E-state index contributed by atoms with van der Waals surface area (Å²) in [4.78, 5) is 12.4. The molecule has 7 fully saturated rings. The molecular weight excluding hydrogens is 827 g/mol. The van der Waals surface area contributed by atoms with E-state index in [1.807, 2.05) is 20.8 Å². The summed E-state index contributed by atoms with van der Waals surface area (Å²) in [6, 6.07) is 0. The molecule has 1 spiro atoms. The van der Waals surface area contributed by atoms with Crippen LogP contribution in [-0.2, 0) is 56.9 Å². The fraction of sp³-hybridized carbons (Fsp3) is 0.979. The predicted molar refractivity (Wildman–Crippen MR) is 222 cm³/mol. The third-order valence-corrected chi connectivity index (χ3v) is 17.0. The van der Waals surface area contributed by atoms with Crippen LogP contribution in [0.4, 0.5) is 0 Å². The van der Waals surface area contributed by atoms with E-state index in [4.69, 9.17) is 52.1 Å². The van der Waals surface area contributed by atoms with Crippen LogP contribution >= 0.6 is 0 Å². The van der Waals surface area contributed by atoms with Crippen LogP contribution in [0.15, 0.2) is 0 Å². The Kier molecular flexibility index (Phi) is 16.7. The second kappa shape index (κ2) is 20.1. The summed E-state index contributed by atoms with van der Waals surface area (Å²) in [6.07, 6.45) is 2.22. The van der Waals surface area contributed by atoms with E-state index in [9.17, 15) is 20.1 Å². The molecule has 0 aromatic carbocycles. The van der Waals surface area contributed by atoms with Gasteiger partial charge in [-0.25, -0.2) is 0 Å². The monoisotopic (exact) mass is 907 g/mol. The van der Waals surface area contributed by atoms with E-state index >= 15 is 0 Å². The molecule has 0 bridgehead atoms. The largest absolute Gasteiger partial charge is 1.00 e. The molecule has 358 valence electrons. The SMILES string of the molecule is COC1CCC(OC2C(C)C(CC3CC(OC)C(C)C4(O3)OC(C)(C3CCC(C5CCC(C6OC(C)(O)C(C)CC6C)O5)O3)C(OC)C4C)OC(O)(C(C)C(=O)[O-])C2C)OC1C.[Na+]. The fourth-order valence-corrected chi connectivity index (χ4v) is 12.8. The Morgan fingerprint density at radius 2 is 1.41 bits per heavy atom. The minimum Gasteiger partial charge on any atom is -0.550 e. The molecule has 7 heterocycles. The molecule has 0 aromatic rings. The number of carbonyl (C=O) groups excluding carboxylic acids is 1. The average molecular weight is 907 g/mol. The van der Waals surface area contributed by atoms with Gasteiger partial charge in [0.2, 0.25) is 0 Å². The molecule has 0 radical (unpaired) electrons. The Morgan fingerprint density at radius 3 is 2.05 bits per heavy atom. The van der Waals surface area contributed by atoms with Crippen LogP contribution in [0.3, 0.4) is 0 Å². The number of carboxylic acids is 1. The maximum Gasteiger partial charge on any atom is 1.00 e. The Bertz CT molecular complexity index is 1540. The molecule has 0 amide bonds. The molecule has 63 heavy (non-hydrogen) atoms. The van der Waals surface area contributed by atoms with Crippen LogP contribution in [-0.4, -0.2) is 140 Å². The van der Waals surface area contributed by atoms with Gasteiger partial charge in [0.1, 0.15) is 5.60 Å². The van der Waals surface area contributed by atoms with E-state index in [2.05, 4.69) is 27.7 Å².